The molecule has 2 aliphatic rings. The first kappa shape index (κ1) is 23.1. The molecule has 0 saturated carbocycles. The van der Waals surface area contributed by atoms with Gasteiger partial charge >= 0.3 is 6.18 Å². The number of anilines is 1. The monoisotopic (exact) mass is 449 g/mol. The van der Waals surface area contributed by atoms with Crippen LogP contribution in [-0.2, 0) is 38.1 Å². The zero-order chi connectivity index (χ0) is 23.3. The van der Waals surface area contributed by atoms with Crippen molar-refractivity contribution in [3.05, 3.63) is 89.5 Å². The fourth-order valence-electron chi connectivity index (χ4n) is 3.10. The van der Waals surface area contributed by atoms with Gasteiger partial charge in [0.2, 0.25) is 18.5 Å². The van der Waals surface area contributed by atoms with Crippen LogP contribution in [0.15, 0.2) is 76.8 Å². The first-order chi connectivity index (χ1) is 15.2. The standard InChI is InChI=1S/C14H10F3NO2.C9H12O3/c15-14(16,17)12-6-5-10(20-12)8-18-11-4-2-1-3-9(11)7-13(18)19;1-4-8-9(12-6-11-8)5-7(2)10-3/h1-6H,7-8H2;4-5H,2,6H2,1,3H3/b;8-4+,9-5+. The Hall–Kier alpha value is -3.62. The molecule has 1 aromatic carbocycles. The van der Waals surface area contributed by atoms with Crippen molar-refractivity contribution in [2.45, 2.75) is 26.1 Å². The molecule has 2 aromatic rings. The molecule has 1 saturated heterocycles. The number of fused-ring (bicyclic) bond motifs is 1. The third-order valence-electron chi connectivity index (χ3n) is 4.67. The van der Waals surface area contributed by atoms with Crippen molar-refractivity contribution >= 4 is 11.6 Å². The lowest BCUT2D eigenvalue weighted by atomic mass is 10.2. The summed E-state index contributed by atoms with van der Waals surface area (Å²) in [6, 6.07) is 9.33. The van der Waals surface area contributed by atoms with Crippen LogP contribution in [0.3, 0.4) is 0 Å². The lowest BCUT2D eigenvalue weighted by Gasteiger charge is -2.15. The molecule has 0 atom stereocenters. The number of carbonyl (C=O) groups is 1. The van der Waals surface area contributed by atoms with Crippen LogP contribution in [0.5, 0.6) is 0 Å². The highest BCUT2D eigenvalue weighted by atomic mass is 19.4. The minimum atomic E-state index is -4.51. The van der Waals surface area contributed by atoms with E-state index in [4.69, 9.17) is 18.6 Å². The number of allylic oxidation sites excluding steroid dienone is 2. The molecule has 1 fully saturated rings. The Balaban J connectivity index is 0.000000207. The van der Waals surface area contributed by atoms with Crippen LogP contribution in [0.25, 0.3) is 0 Å². The summed E-state index contributed by atoms with van der Waals surface area (Å²) in [6.45, 7) is 5.80. The highest BCUT2D eigenvalue weighted by Gasteiger charge is 2.35. The van der Waals surface area contributed by atoms with Crippen LogP contribution in [0.4, 0.5) is 18.9 Å². The molecular weight excluding hydrogens is 427 g/mol. The molecule has 0 aliphatic carbocycles. The Morgan fingerprint density at radius 2 is 1.91 bits per heavy atom. The van der Waals surface area contributed by atoms with Crippen LogP contribution in [-0.4, -0.2) is 19.8 Å². The largest absolute Gasteiger partial charge is 0.497 e. The number of alkyl halides is 3. The predicted molar refractivity (Wildman–Crippen MR) is 110 cm³/mol. The molecule has 2 aliphatic heterocycles. The molecule has 0 spiro atoms. The SMILES string of the molecule is C=C(/C=C1/OCO/C1=C/C)OC.O=C1Cc2ccccc2N1Cc1ccc(C(F)(F)F)o1. The van der Waals surface area contributed by atoms with E-state index in [0.29, 0.717) is 11.5 Å². The first-order valence-corrected chi connectivity index (χ1v) is 9.64. The van der Waals surface area contributed by atoms with Gasteiger partial charge in [-0.25, -0.2) is 0 Å². The number of hydrogen-bond acceptors (Lipinski definition) is 5. The number of benzene rings is 1. The number of methoxy groups -OCH3 is 1. The molecule has 1 aromatic heterocycles. The molecule has 9 heteroatoms. The van der Waals surface area contributed by atoms with E-state index >= 15 is 0 Å². The number of para-hydroxylation sites is 1. The summed E-state index contributed by atoms with van der Waals surface area (Å²) < 4.78 is 57.3. The van der Waals surface area contributed by atoms with Crippen molar-refractivity contribution < 1.29 is 36.6 Å². The van der Waals surface area contributed by atoms with Crippen LogP contribution >= 0.6 is 0 Å². The fourth-order valence-corrected chi connectivity index (χ4v) is 3.10. The van der Waals surface area contributed by atoms with E-state index < -0.39 is 11.9 Å². The minimum Gasteiger partial charge on any atom is -0.497 e. The number of halogens is 3. The number of ether oxygens (including phenoxy) is 3. The van der Waals surface area contributed by atoms with Gasteiger partial charge in [0, 0.05) is 11.8 Å². The molecule has 4 rings (SSSR count). The maximum atomic E-state index is 12.5. The molecule has 0 N–H and O–H groups in total. The van der Waals surface area contributed by atoms with Crippen LogP contribution < -0.4 is 4.90 Å². The van der Waals surface area contributed by atoms with Crippen molar-refractivity contribution in [3.63, 3.8) is 0 Å². The summed E-state index contributed by atoms with van der Waals surface area (Å²) in [5.41, 5.74) is 1.60. The van der Waals surface area contributed by atoms with E-state index in [1.807, 2.05) is 25.1 Å². The zero-order valence-electron chi connectivity index (χ0n) is 17.6. The molecule has 0 unspecified atom stereocenters. The average molecular weight is 449 g/mol. The van der Waals surface area contributed by atoms with Crippen molar-refractivity contribution in [2.75, 3.05) is 18.8 Å². The molecule has 3 heterocycles. The van der Waals surface area contributed by atoms with Gasteiger partial charge in [-0.3, -0.25) is 4.79 Å². The van der Waals surface area contributed by atoms with Crippen molar-refractivity contribution in [2.24, 2.45) is 0 Å². The normalized spacial score (nSPS) is 17.5. The van der Waals surface area contributed by atoms with Crippen LogP contribution in [0, 0.1) is 0 Å². The number of rotatable bonds is 4. The Morgan fingerprint density at radius 1 is 1.19 bits per heavy atom. The van der Waals surface area contributed by atoms with Gasteiger partial charge in [0.25, 0.3) is 0 Å². The third kappa shape index (κ3) is 5.35. The number of carbonyl (C=O) groups excluding carboxylic acids is 1. The predicted octanol–water partition coefficient (Wildman–Crippen LogP) is 5.33. The summed E-state index contributed by atoms with van der Waals surface area (Å²) >= 11 is 0. The average Bonchev–Trinajstić information content (AvgIpc) is 3.48. The number of furan rings is 1. The van der Waals surface area contributed by atoms with Gasteiger partial charge in [-0.2, -0.15) is 13.2 Å². The molecule has 1 amide bonds. The van der Waals surface area contributed by atoms with E-state index in [1.54, 1.807) is 25.3 Å². The molecule has 0 radical (unpaired) electrons. The highest BCUT2D eigenvalue weighted by Crippen LogP contribution is 2.33. The second-order valence-electron chi connectivity index (χ2n) is 6.79. The van der Waals surface area contributed by atoms with Gasteiger partial charge in [0.1, 0.15) is 11.5 Å². The van der Waals surface area contributed by atoms with Gasteiger partial charge < -0.3 is 23.5 Å². The smallest absolute Gasteiger partial charge is 0.449 e. The Bertz CT molecular complexity index is 1050. The van der Waals surface area contributed by atoms with Gasteiger partial charge in [-0.1, -0.05) is 24.8 Å². The molecule has 6 nitrogen and oxygen atoms in total. The van der Waals surface area contributed by atoms with Crippen molar-refractivity contribution in [1.29, 1.82) is 0 Å². The summed E-state index contributed by atoms with van der Waals surface area (Å²) in [5, 5.41) is 0. The highest BCUT2D eigenvalue weighted by molar-refractivity contribution is 6.01. The minimum absolute atomic E-state index is 0.00588. The van der Waals surface area contributed by atoms with E-state index in [-0.39, 0.29) is 31.4 Å². The van der Waals surface area contributed by atoms with E-state index in [0.717, 1.165) is 23.1 Å². The molecule has 32 heavy (non-hydrogen) atoms. The molecular formula is C23H22F3NO5. The second-order valence-corrected chi connectivity index (χ2v) is 6.79. The quantitative estimate of drug-likeness (QED) is 0.591. The van der Waals surface area contributed by atoms with E-state index in [9.17, 15) is 18.0 Å². The molecule has 170 valence electrons. The summed E-state index contributed by atoms with van der Waals surface area (Å²) in [7, 11) is 1.56. The Kier molecular flexibility index (Phi) is 6.97. The first-order valence-electron chi connectivity index (χ1n) is 9.64. The van der Waals surface area contributed by atoms with Gasteiger partial charge in [-0.05, 0) is 36.8 Å². The maximum Gasteiger partial charge on any atom is 0.449 e. The van der Waals surface area contributed by atoms with E-state index in [1.165, 1.54) is 11.0 Å². The Labute approximate surface area is 183 Å². The van der Waals surface area contributed by atoms with E-state index in [2.05, 4.69) is 6.58 Å². The summed E-state index contributed by atoms with van der Waals surface area (Å²) in [5.74, 6) is 0.873. The lowest BCUT2D eigenvalue weighted by Crippen LogP contribution is -2.25. The fraction of sp³-hybridized carbons (Fsp3) is 0.261. The maximum absolute atomic E-state index is 12.5. The van der Waals surface area contributed by atoms with Crippen molar-refractivity contribution in [1.82, 2.24) is 0 Å². The van der Waals surface area contributed by atoms with Crippen LogP contribution in [0.2, 0.25) is 0 Å². The van der Waals surface area contributed by atoms with Crippen molar-refractivity contribution in [3.8, 4) is 0 Å². The summed E-state index contributed by atoms with van der Waals surface area (Å²) in [4.78, 5) is 13.3. The summed E-state index contributed by atoms with van der Waals surface area (Å²) in [6.07, 6.45) is -0.710. The topological polar surface area (TPSA) is 61.1 Å². The number of nitrogens with zero attached hydrogens (tertiary/aromatic N) is 1. The third-order valence-corrected chi connectivity index (χ3v) is 4.67. The van der Waals surface area contributed by atoms with Crippen LogP contribution in [0.1, 0.15) is 24.0 Å². The van der Waals surface area contributed by atoms with Gasteiger partial charge in [0.05, 0.1) is 20.1 Å². The number of amides is 1. The second kappa shape index (κ2) is 9.67. The number of hydrogen-bond donors (Lipinski definition) is 0. The van der Waals surface area contributed by atoms with Gasteiger partial charge in [0.15, 0.2) is 11.5 Å². The molecule has 0 bridgehead atoms. The van der Waals surface area contributed by atoms with Gasteiger partial charge in [-0.15, -0.1) is 0 Å². The zero-order valence-corrected chi connectivity index (χ0v) is 17.6. The Morgan fingerprint density at radius 3 is 2.56 bits per heavy atom. The lowest BCUT2D eigenvalue weighted by molar-refractivity contribution is -0.153.